The van der Waals surface area contributed by atoms with E-state index in [1.165, 1.54) is 48.0 Å². The summed E-state index contributed by atoms with van der Waals surface area (Å²) in [5, 5.41) is 6.20. The van der Waals surface area contributed by atoms with Crippen molar-refractivity contribution in [3.05, 3.63) is 84.4 Å². The standard InChI is InChI=1S/C25H25N3/c1-2-10-19(11-3-1)24(28-16-8-9-17-28)18-26-25-20-12-4-6-14-22(20)27-23-15-7-5-13-21(23)25/h1-7,10-15,24H,8-9,16-18H2,(H,26,27)/t24-/m1/s1. The molecule has 0 spiro atoms. The normalized spacial score (nSPS) is 15.9. The zero-order valence-corrected chi connectivity index (χ0v) is 16.0. The molecule has 5 rings (SSSR count). The second-order valence-corrected chi connectivity index (χ2v) is 7.57. The summed E-state index contributed by atoms with van der Waals surface area (Å²) in [7, 11) is 0. The molecule has 1 saturated heterocycles. The van der Waals surface area contributed by atoms with E-state index in [4.69, 9.17) is 4.98 Å². The molecule has 0 radical (unpaired) electrons. The fourth-order valence-electron chi connectivity index (χ4n) is 4.42. The Morgan fingerprint density at radius 1 is 0.750 bits per heavy atom. The number of pyridine rings is 1. The Morgan fingerprint density at radius 3 is 1.96 bits per heavy atom. The van der Waals surface area contributed by atoms with Gasteiger partial charge in [0.25, 0.3) is 0 Å². The quantitative estimate of drug-likeness (QED) is 0.463. The van der Waals surface area contributed by atoms with Gasteiger partial charge in [0, 0.05) is 17.3 Å². The number of nitrogens with one attached hydrogen (secondary N) is 1. The van der Waals surface area contributed by atoms with E-state index < -0.39 is 0 Å². The third-order valence-corrected chi connectivity index (χ3v) is 5.83. The minimum atomic E-state index is 0.384. The Labute approximate surface area is 166 Å². The van der Waals surface area contributed by atoms with E-state index in [-0.39, 0.29) is 0 Å². The predicted octanol–water partition coefficient (Wildman–Crippen LogP) is 5.64. The van der Waals surface area contributed by atoms with Crippen LogP contribution in [0.25, 0.3) is 21.8 Å². The Morgan fingerprint density at radius 2 is 1.32 bits per heavy atom. The number of anilines is 1. The van der Waals surface area contributed by atoms with Crippen molar-refractivity contribution in [1.82, 2.24) is 9.88 Å². The Hall–Kier alpha value is -2.91. The number of benzene rings is 3. The first-order valence-electron chi connectivity index (χ1n) is 10.2. The molecule has 3 nitrogen and oxygen atoms in total. The maximum atomic E-state index is 4.85. The predicted molar refractivity (Wildman–Crippen MR) is 118 cm³/mol. The summed E-state index contributed by atoms with van der Waals surface area (Å²) in [5.41, 5.74) is 4.67. The summed E-state index contributed by atoms with van der Waals surface area (Å²) >= 11 is 0. The lowest BCUT2D eigenvalue weighted by atomic mass is 10.0. The summed E-state index contributed by atoms with van der Waals surface area (Å²) in [6.45, 7) is 3.25. The van der Waals surface area contributed by atoms with Gasteiger partial charge in [-0.25, -0.2) is 4.98 Å². The van der Waals surface area contributed by atoms with Crippen LogP contribution >= 0.6 is 0 Å². The smallest absolute Gasteiger partial charge is 0.0730 e. The molecule has 4 aromatic rings. The van der Waals surface area contributed by atoms with E-state index >= 15 is 0 Å². The third-order valence-electron chi connectivity index (χ3n) is 5.83. The van der Waals surface area contributed by atoms with E-state index in [1.54, 1.807) is 0 Å². The number of para-hydroxylation sites is 2. The van der Waals surface area contributed by atoms with Gasteiger partial charge in [0.05, 0.1) is 22.8 Å². The topological polar surface area (TPSA) is 28.2 Å². The van der Waals surface area contributed by atoms with E-state index in [0.717, 1.165) is 17.6 Å². The second kappa shape index (κ2) is 7.61. The maximum absolute atomic E-state index is 4.85. The lowest BCUT2D eigenvalue weighted by Crippen LogP contribution is -2.31. The summed E-state index contributed by atoms with van der Waals surface area (Å²) in [5.74, 6) is 0. The van der Waals surface area contributed by atoms with Gasteiger partial charge in [0.2, 0.25) is 0 Å². The molecule has 3 aromatic carbocycles. The lowest BCUT2D eigenvalue weighted by molar-refractivity contribution is 0.256. The fourth-order valence-corrected chi connectivity index (χ4v) is 4.42. The number of likely N-dealkylation sites (tertiary alicyclic amines) is 1. The fraction of sp³-hybridized carbons (Fsp3) is 0.240. The van der Waals surface area contributed by atoms with Crippen molar-refractivity contribution in [2.75, 3.05) is 25.0 Å². The molecule has 2 heterocycles. The minimum absolute atomic E-state index is 0.384. The van der Waals surface area contributed by atoms with Crippen LogP contribution in [0, 0.1) is 0 Å². The van der Waals surface area contributed by atoms with Crippen LogP contribution in [0.15, 0.2) is 78.9 Å². The van der Waals surface area contributed by atoms with E-state index in [0.29, 0.717) is 6.04 Å². The van der Waals surface area contributed by atoms with E-state index in [2.05, 4.69) is 89.1 Å². The molecule has 0 saturated carbocycles. The molecular weight excluding hydrogens is 342 g/mol. The van der Waals surface area contributed by atoms with Gasteiger partial charge in [-0.1, -0.05) is 66.7 Å². The first-order chi connectivity index (χ1) is 13.9. The van der Waals surface area contributed by atoms with Crippen molar-refractivity contribution in [1.29, 1.82) is 0 Å². The highest BCUT2D eigenvalue weighted by Gasteiger charge is 2.23. The number of hydrogen-bond acceptors (Lipinski definition) is 3. The molecule has 28 heavy (non-hydrogen) atoms. The molecular formula is C25H25N3. The van der Waals surface area contributed by atoms with Crippen molar-refractivity contribution < 1.29 is 0 Å². The van der Waals surface area contributed by atoms with Crippen LogP contribution in [0.5, 0.6) is 0 Å². The molecule has 3 heteroatoms. The van der Waals surface area contributed by atoms with Gasteiger partial charge in [-0.15, -0.1) is 0 Å². The first-order valence-corrected chi connectivity index (χ1v) is 10.2. The first kappa shape index (κ1) is 17.2. The van der Waals surface area contributed by atoms with Gasteiger partial charge in [0.1, 0.15) is 0 Å². The minimum Gasteiger partial charge on any atom is -0.382 e. The van der Waals surface area contributed by atoms with E-state index in [9.17, 15) is 0 Å². The molecule has 1 fully saturated rings. The largest absolute Gasteiger partial charge is 0.382 e. The Bertz CT molecular complexity index is 1030. The van der Waals surface area contributed by atoms with Crippen LogP contribution in [0.3, 0.4) is 0 Å². The number of fused-ring (bicyclic) bond motifs is 2. The molecule has 0 aliphatic carbocycles. The van der Waals surface area contributed by atoms with Crippen LogP contribution < -0.4 is 5.32 Å². The zero-order valence-electron chi connectivity index (χ0n) is 16.0. The Balaban J connectivity index is 1.54. The average Bonchev–Trinajstić information content (AvgIpc) is 3.28. The van der Waals surface area contributed by atoms with Gasteiger partial charge in [-0.05, 0) is 43.6 Å². The summed E-state index contributed by atoms with van der Waals surface area (Å²) in [6.07, 6.45) is 2.59. The summed E-state index contributed by atoms with van der Waals surface area (Å²) < 4.78 is 0. The van der Waals surface area contributed by atoms with Crippen molar-refractivity contribution in [2.45, 2.75) is 18.9 Å². The third kappa shape index (κ3) is 3.23. The molecule has 1 atom stereocenters. The average molecular weight is 367 g/mol. The highest BCUT2D eigenvalue weighted by molar-refractivity contribution is 6.07. The van der Waals surface area contributed by atoms with E-state index in [1.807, 2.05) is 0 Å². The zero-order chi connectivity index (χ0) is 18.8. The summed E-state index contributed by atoms with van der Waals surface area (Å²) in [6, 6.07) is 28.1. The number of nitrogens with zero attached hydrogens (tertiary/aromatic N) is 2. The molecule has 0 bridgehead atoms. The summed E-state index contributed by atoms with van der Waals surface area (Å²) in [4.78, 5) is 7.47. The molecule has 1 aliphatic heterocycles. The molecule has 0 unspecified atom stereocenters. The number of rotatable bonds is 5. The van der Waals surface area contributed by atoms with Gasteiger partial charge >= 0.3 is 0 Å². The number of aromatic nitrogens is 1. The van der Waals surface area contributed by atoms with Gasteiger partial charge < -0.3 is 5.32 Å². The molecule has 1 aromatic heterocycles. The molecule has 1 N–H and O–H groups in total. The van der Waals surface area contributed by atoms with Crippen LogP contribution in [-0.4, -0.2) is 29.5 Å². The monoisotopic (exact) mass is 367 g/mol. The van der Waals surface area contributed by atoms with Crippen LogP contribution in [-0.2, 0) is 0 Å². The number of hydrogen-bond donors (Lipinski definition) is 1. The van der Waals surface area contributed by atoms with Gasteiger partial charge in [-0.2, -0.15) is 0 Å². The Kier molecular flexibility index (Phi) is 4.67. The molecule has 140 valence electrons. The van der Waals surface area contributed by atoms with Crippen molar-refractivity contribution in [3.63, 3.8) is 0 Å². The van der Waals surface area contributed by atoms with Crippen LogP contribution in [0.1, 0.15) is 24.4 Å². The van der Waals surface area contributed by atoms with Gasteiger partial charge in [-0.3, -0.25) is 4.90 Å². The highest BCUT2D eigenvalue weighted by Crippen LogP contribution is 2.32. The van der Waals surface area contributed by atoms with Crippen LogP contribution in [0.4, 0.5) is 5.69 Å². The molecule has 0 amide bonds. The SMILES string of the molecule is c1ccc([C@@H](CNc2c3ccccc3nc3ccccc23)N2CCCC2)cc1. The highest BCUT2D eigenvalue weighted by atomic mass is 15.2. The molecule has 1 aliphatic rings. The van der Waals surface area contributed by atoms with Crippen molar-refractivity contribution in [2.24, 2.45) is 0 Å². The van der Waals surface area contributed by atoms with Crippen molar-refractivity contribution in [3.8, 4) is 0 Å². The maximum Gasteiger partial charge on any atom is 0.0730 e. The second-order valence-electron chi connectivity index (χ2n) is 7.57. The van der Waals surface area contributed by atoms with Gasteiger partial charge in [0.15, 0.2) is 0 Å². The van der Waals surface area contributed by atoms with Crippen LogP contribution in [0.2, 0.25) is 0 Å². The lowest BCUT2D eigenvalue weighted by Gasteiger charge is -2.29. The van der Waals surface area contributed by atoms with Crippen molar-refractivity contribution >= 4 is 27.5 Å².